The van der Waals surface area contributed by atoms with Crippen molar-refractivity contribution in [2.75, 3.05) is 19.6 Å². The molecule has 2 unspecified atom stereocenters. The molecule has 8 heteroatoms. The lowest BCUT2D eigenvalue weighted by Crippen LogP contribution is -2.13. The van der Waals surface area contributed by atoms with Crippen molar-refractivity contribution in [1.29, 1.82) is 0 Å². The van der Waals surface area contributed by atoms with Crippen LogP contribution in [0, 0.1) is 5.92 Å². The van der Waals surface area contributed by atoms with E-state index in [2.05, 4.69) is 20.4 Å². The molecule has 0 radical (unpaired) electrons. The van der Waals surface area contributed by atoms with Crippen molar-refractivity contribution < 1.29 is 0 Å². The quantitative estimate of drug-likeness (QED) is 0.521. The van der Waals surface area contributed by atoms with Gasteiger partial charge in [-0.15, -0.1) is 24.8 Å². The third kappa shape index (κ3) is 3.78. The van der Waals surface area contributed by atoms with Gasteiger partial charge < -0.3 is 5.32 Å². The lowest BCUT2D eigenvalue weighted by atomic mass is 9.91. The molecule has 1 aliphatic heterocycles. The van der Waals surface area contributed by atoms with Crippen molar-refractivity contribution in [1.82, 2.24) is 15.1 Å². The molecule has 0 bridgehead atoms. The number of aromatic nitrogens is 2. The predicted octanol–water partition coefficient (Wildman–Crippen LogP) is 1.88. The Labute approximate surface area is 112 Å². The highest BCUT2D eigenvalue weighted by molar-refractivity contribution is 5.85. The van der Waals surface area contributed by atoms with Crippen molar-refractivity contribution in [2.24, 2.45) is 18.1 Å². The van der Waals surface area contributed by atoms with Gasteiger partial charge in [-0.1, -0.05) is 5.11 Å². The summed E-state index contributed by atoms with van der Waals surface area (Å²) >= 11 is 0. The first-order chi connectivity index (χ1) is 7.31. The smallest absolute Gasteiger partial charge is 0.0525 e. The molecule has 2 heterocycles. The molecule has 96 valence electrons. The number of azide groups is 1. The summed E-state index contributed by atoms with van der Waals surface area (Å²) in [6.45, 7) is 2.42. The van der Waals surface area contributed by atoms with E-state index in [1.165, 1.54) is 5.56 Å². The van der Waals surface area contributed by atoms with E-state index in [0.29, 0.717) is 18.4 Å². The minimum atomic E-state index is 0. The first-order valence-corrected chi connectivity index (χ1v) is 5.01. The van der Waals surface area contributed by atoms with Crippen molar-refractivity contribution >= 4 is 24.8 Å². The first-order valence-electron chi connectivity index (χ1n) is 5.01. The van der Waals surface area contributed by atoms with E-state index in [1.807, 2.05) is 19.4 Å². The van der Waals surface area contributed by atoms with Gasteiger partial charge in [0.1, 0.15) is 0 Å². The average molecular weight is 279 g/mol. The van der Waals surface area contributed by atoms with E-state index in [-0.39, 0.29) is 24.8 Å². The summed E-state index contributed by atoms with van der Waals surface area (Å²) in [5.41, 5.74) is 9.53. The van der Waals surface area contributed by atoms with Gasteiger partial charge in [-0.25, -0.2) is 0 Å². The molecule has 1 aromatic rings. The number of halogens is 2. The Morgan fingerprint density at radius 1 is 1.59 bits per heavy atom. The Morgan fingerprint density at radius 2 is 2.35 bits per heavy atom. The van der Waals surface area contributed by atoms with Gasteiger partial charge in [0, 0.05) is 37.2 Å². The maximum Gasteiger partial charge on any atom is 0.0525 e. The summed E-state index contributed by atoms with van der Waals surface area (Å²) in [7, 11) is 1.91. The highest BCUT2D eigenvalue weighted by Crippen LogP contribution is 2.27. The largest absolute Gasteiger partial charge is 0.316 e. The van der Waals surface area contributed by atoms with Crippen molar-refractivity contribution in [3.05, 3.63) is 28.4 Å². The summed E-state index contributed by atoms with van der Waals surface area (Å²) in [5, 5.41) is 11.1. The van der Waals surface area contributed by atoms with Crippen LogP contribution in [-0.4, -0.2) is 29.4 Å². The second-order valence-electron chi connectivity index (χ2n) is 3.89. The van der Waals surface area contributed by atoms with Crippen LogP contribution < -0.4 is 5.32 Å². The molecule has 0 aromatic carbocycles. The average Bonchev–Trinajstić information content (AvgIpc) is 2.82. The number of nitrogens with one attached hydrogen (secondary N) is 1. The van der Waals surface area contributed by atoms with E-state index in [9.17, 15) is 0 Å². The van der Waals surface area contributed by atoms with Gasteiger partial charge in [-0.05, 0) is 23.6 Å². The maximum atomic E-state index is 8.31. The fraction of sp³-hybridized carbons (Fsp3) is 0.667. The van der Waals surface area contributed by atoms with Crippen LogP contribution in [0.2, 0.25) is 0 Å². The van der Waals surface area contributed by atoms with Crippen LogP contribution in [0.1, 0.15) is 11.5 Å². The van der Waals surface area contributed by atoms with E-state index in [4.69, 9.17) is 5.53 Å². The van der Waals surface area contributed by atoms with E-state index < -0.39 is 0 Å². The summed E-state index contributed by atoms with van der Waals surface area (Å²) in [6, 6.07) is 0. The fourth-order valence-corrected chi connectivity index (χ4v) is 2.09. The summed E-state index contributed by atoms with van der Waals surface area (Å²) in [4.78, 5) is 2.81. The number of rotatable bonds is 3. The molecule has 1 aliphatic rings. The highest BCUT2D eigenvalue weighted by Gasteiger charge is 2.28. The van der Waals surface area contributed by atoms with Gasteiger partial charge in [0.2, 0.25) is 0 Å². The summed E-state index contributed by atoms with van der Waals surface area (Å²) < 4.78 is 1.80. The van der Waals surface area contributed by atoms with Gasteiger partial charge in [0.05, 0.1) is 6.20 Å². The molecule has 1 N–H and O–H groups in total. The number of nitrogens with zero attached hydrogens (tertiary/aromatic N) is 5. The fourth-order valence-electron chi connectivity index (χ4n) is 2.09. The van der Waals surface area contributed by atoms with Crippen LogP contribution in [0.25, 0.3) is 10.4 Å². The molecule has 0 spiro atoms. The van der Waals surface area contributed by atoms with Gasteiger partial charge in [-0.2, -0.15) is 5.10 Å². The van der Waals surface area contributed by atoms with E-state index >= 15 is 0 Å². The van der Waals surface area contributed by atoms with Gasteiger partial charge in [0.15, 0.2) is 0 Å². The molecule has 2 rings (SSSR count). The molecular formula is C9H16Cl2N6. The number of aryl methyl sites for hydroxylation is 1. The molecule has 17 heavy (non-hydrogen) atoms. The monoisotopic (exact) mass is 278 g/mol. The van der Waals surface area contributed by atoms with Crippen LogP contribution >= 0.6 is 24.8 Å². The molecule has 1 aromatic heterocycles. The molecule has 1 saturated heterocycles. The Bertz CT molecular complexity index is 387. The van der Waals surface area contributed by atoms with E-state index in [1.54, 1.807) is 4.68 Å². The normalized spacial score (nSPS) is 22.2. The summed E-state index contributed by atoms with van der Waals surface area (Å²) in [6.07, 6.45) is 3.92. The maximum absolute atomic E-state index is 8.31. The second kappa shape index (κ2) is 7.40. The third-order valence-electron chi connectivity index (χ3n) is 2.87. The number of hydrogen-bond acceptors (Lipinski definition) is 3. The van der Waals surface area contributed by atoms with Crippen molar-refractivity contribution in [3.63, 3.8) is 0 Å². The molecule has 6 nitrogen and oxygen atoms in total. The second-order valence-corrected chi connectivity index (χ2v) is 3.89. The SMILES string of the molecule is Cl.Cl.Cn1cc(C2CNCC2CN=[N+]=[N-])cn1. The molecule has 0 amide bonds. The molecule has 0 saturated carbocycles. The Kier molecular flexibility index (Phi) is 6.99. The Morgan fingerprint density at radius 3 is 2.94 bits per heavy atom. The number of hydrogen-bond donors (Lipinski definition) is 1. The lowest BCUT2D eigenvalue weighted by molar-refractivity contribution is 0.529. The van der Waals surface area contributed by atoms with Gasteiger partial charge in [0.25, 0.3) is 0 Å². The third-order valence-corrected chi connectivity index (χ3v) is 2.87. The summed E-state index contributed by atoms with van der Waals surface area (Å²) in [5.74, 6) is 0.814. The lowest BCUT2D eigenvalue weighted by Gasteiger charge is -2.14. The molecule has 0 aliphatic carbocycles. The zero-order chi connectivity index (χ0) is 10.7. The van der Waals surface area contributed by atoms with Crippen molar-refractivity contribution in [3.8, 4) is 0 Å². The molecule has 1 fully saturated rings. The minimum absolute atomic E-state index is 0. The standard InChI is InChI=1S/C9H14N6.2ClH/c1-15-6-8(4-13-15)9-5-11-2-7(9)3-12-14-10;;/h4,6-7,9,11H,2-3,5H2,1H3;2*1H. The minimum Gasteiger partial charge on any atom is -0.316 e. The Balaban J connectivity index is 0.00000128. The van der Waals surface area contributed by atoms with Gasteiger partial charge in [-0.3, -0.25) is 4.68 Å². The van der Waals surface area contributed by atoms with Crippen LogP contribution in [0.5, 0.6) is 0 Å². The van der Waals surface area contributed by atoms with Crippen LogP contribution in [0.3, 0.4) is 0 Å². The zero-order valence-electron chi connectivity index (χ0n) is 9.48. The van der Waals surface area contributed by atoms with Gasteiger partial charge >= 0.3 is 0 Å². The van der Waals surface area contributed by atoms with E-state index in [0.717, 1.165) is 13.1 Å². The first kappa shape index (κ1) is 16.1. The Hall–Kier alpha value is -0.940. The van der Waals surface area contributed by atoms with Crippen LogP contribution in [0.4, 0.5) is 0 Å². The highest BCUT2D eigenvalue weighted by atomic mass is 35.5. The predicted molar refractivity (Wildman–Crippen MR) is 70.8 cm³/mol. The topological polar surface area (TPSA) is 78.6 Å². The van der Waals surface area contributed by atoms with Crippen LogP contribution in [0.15, 0.2) is 17.5 Å². The zero-order valence-corrected chi connectivity index (χ0v) is 11.1. The van der Waals surface area contributed by atoms with Crippen LogP contribution in [-0.2, 0) is 7.05 Å². The molecular weight excluding hydrogens is 263 g/mol. The molecule has 2 atom stereocenters. The van der Waals surface area contributed by atoms with Crippen molar-refractivity contribution in [2.45, 2.75) is 5.92 Å².